The molecule has 1 heterocycles. The van der Waals surface area contributed by atoms with Gasteiger partial charge in [-0.2, -0.15) is 5.26 Å². The van der Waals surface area contributed by atoms with Crippen LogP contribution in [0.25, 0.3) is 22.4 Å². The van der Waals surface area contributed by atoms with E-state index in [0.717, 1.165) is 11.1 Å². The van der Waals surface area contributed by atoms with Crippen LogP contribution in [0.4, 0.5) is 11.5 Å². The number of carbonyl (C=O) groups is 1. The van der Waals surface area contributed by atoms with Crippen molar-refractivity contribution in [2.75, 3.05) is 18.2 Å². The second kappa shape index (κ2) is 7.58. The number of rotatable bonds is 4. The molecule has 6 nitrogen and oxygen atoms in total. The van der Waals surface area contributed by atoms with Gasteiger partial charge in [-0.1, -0.05) is 24.3 Å². The fourth-order valence-electron chi connectivity index (χ4n) is 2.84. The Hall–Kier alpha value is -3.85. The molecule has 0 atom stereocenters. The maximum absolute atomic E-state index is 11.2. The van der Waals surface area contributed by atoms with Gasteiger partial charge in [-0.15, -0.1) is 0 Å². The normalized spacial score (nSPS) is 10.1. The first-order valence-electron chi connectivity index (χ1n) is 8.25. The van der Waals surface area contributed by atoms with Gasteiger partial charge in [-0.05, 0) is 35.9 Å². The second-order valence-electron chi connectivity index (χ2n) is 5.89. The van der Waals surface area contributed by atoms with Gasteiger partial charge in [0.25, 0.3) is 0 Å². The van der Waals surface area contributed by atoms with Gasteiger partial charge < -0.3 is 15.8 Å². The minimum absolute atomic E-state index is 0.146. The molecule has 3 rings (SSSR count). The fraction of sp³-hybridized carbons (Fsp3) is 0.0952. The van der Waals surface area contributed by atoms with Crippen LogP contribution in [-0.2, 0) is 4.79 Å². The number of nitrogens with one attached hydrogen (secondary N) is 1. The standard InChI is InChI=1S/C21H18N4O2/c1-13(26)24-15-9-7-14(8-10-15)17-11-19(25-21(23)18(17)12-22)16-5-3-4-6-20(16)27-2/h3-11H,1-2H3,(H2,23,25)(H,24,26). The van der Waals surface area contributed by atoms with Gasteiger partial charge in [0.2, 0.25) is 5.91 Å². The van der Waals surface area contributed by atoms with Crippen molar-refractivity contribution in [1.29, 1.82) is 5.26 Å². The van der Waals surface area contributed by atoms with Crippen LogP contribution in [0.1, 0.15) is 12.5 Å². The average Bonchev–Trinajstić information content (AvgIpc) is 2.67. The molecule has 0 aliphatic rings. The first-order valence-corrected chi connectivity index (χ1v) is 8.25. The highest BCUT2D eigenvalue weighted by Gasteiger charge is 2.15. The molecular weight excluding hydrogens is 340 g/mol. The molecule has 6 heteroatoms. The molecule has 0 bridgehead atoms. The summed E-state index contributed by atoms with van der Waals surface area (Å²) in [6.45, 7) is 1.45. The molecule has 0 aliphatic carbocycles. The maximum atomic E-state index is 11.2. The quantitative estimate of drug-likeness (QED) is 0.738. The Morgan fingerprint density at radius 3 is 2.48 bits per heavy atom. The number of amides is 1. The number of nitrogens with zero attached hydrogens (tertiary/aromatic N) is 2. The van der Waals surface area contributed by atoms with E-state index < -0.39 is 0 Å². The lowest BCUT2D eigenvalue weighted by Crippen LogP contribution is -2.05. The number of carbonyl (C=O) groups excluding carboxylic acids is 1. The fourth-order valence-corrected chi connectivity index (χ4v) is 2.84. The van der Waals surface area contributed by atoms with Crippen LogP contribution < -0.4 is 15.8 Å². The zero-order valence-corrected chi connectivity index (χ0v) is 15.0. The summed E-state index contributed by atoms with van der Waals surface area (Å²) < 4.78 is 5.41. The molecule has 134 valence electrons. The third kappa shape index (κ3) is 3.72. The highest BCUT2D eigenvalue weighted by atomic mass is 16.5. The Kier molecular flexibility index (Phi) is 5.04. The largest absolute Gasteiger partial charge is 0.496 e. The molecule has 0 fully saturated rings. The molecule has 0 aliphatic heterocycles. The van der Waals surface area contributed by atoms with Crippen LogP contribution >= 0.6 is 0 Å². The van der Waals surface area contributed by atoms with Crippen molar-refractivity contribution in [3.8, 4) is 34.2 Å². The van der Waals surface area contributed by atoms with Crippen molar-refractivity contribution in [2.45, 2.75) is 6.92 Å². The number of aromatic nitrogens is 1. The molecule has 0 unspecified atom stereocenters. The average molecular weight is 358 g/mol. The number of methoxy groups -OCH3 is 1. The molecule has 3 aromatic rings. The van der Waals surface area contributed by atoms with Gasteiger partial charge in [0.05, 0.1) is 12.8 Å². The Bertz CT molecular complexity index is 1040. The van der Waals surface area contributed by atoms with Crippen LogP contribution in [0.3, 0.4) is 0 Å². The molecule has 0 saturated carbocycles. The van der Waals surface area contributed by atoms with Gasteiger partial charge in [0.1, 0.15) is 23.2 Å². The van der Waals surface area contributed by atoms with E-state index in [0.29, 0.717) is 28.3 Å². The molecule has 2 aromatic carbocycles. The zero-order valence-electron chi connectivity index (χ0n) is 15.0. The topological polar surface area (TPSA) is 101 Å². The van der Waals surface area contributed by atoms with E-state index in [2.05, 4.69) is 16.4 Å². The summed E-state index contributed by atoms with van der Waals surface area (Å²) in [5.41, 5.74) is 9.91. The predicted molar refractivity (Wildman–Crippen MR) is 105 cm³/mol. The van der Waals surface area contributed by atoms with Gasteiger partial charge >= 0.3 is 0 Å². The molecule has 3 N–H and O–H groups in total. The lowest BCUT2D eigenvalue weighted by Gasteiger charge is -2.13. The monoisotopic (exact) mass is 358 g/mol. The predicted octanol–water partition coefficient (Wildman–Crippen LogP) is 3.84. The number of anilines is 2. The van der Waals surface area contributed by atoms with Gasteiger partial charge in [-0.3, -0.25) is 4.79 Å². The number of ether oxygens (including phenoxy) is 1. The SMILES string of the molecule is COc1ccccc1-c1cc(-c2ccc(NC(C)=O)cc2)c(C#N)c(N)n1. The lowest BCUT2D eigenvalue weighted by atomic mass is 9.98. The van der Waals surface area contributed by atoms with E-state index >= 15 is 0 Å². The van der Waals surface area contributed by atoms with E-state index in [4.69, 9.17) is 10.5 Å². The number of nitrogen functional groups attached to an aromatic ring is 1. The summed E-state index contributed by atoms with van der Waals surface area (Å²) in [5.74, 6) is 0.676. The third-order valence-corrected chi connectivity index (χ3v) is 4.06. The lowest BCUT2D eigenvalue weighted by molar-refractivity contribution is -0.114. The number of pyridine rings is 1. The van der Waals surface area contributed by atoms with Crippen LogP contribution in [0.15, 0.2) is 54.6 Å². The van der Waals surface area contributed by atoms with Crippen molar-refractivity contribution >= 4 is 17.4 Å². The summed E-state index contributed by atoms with van der Waals surface area (Å²) in [7, 11) is 1.59. The highest BCUT2D eigenvalue weighted by molar-refractivity contribution is 5.89. The van der Waals surface area contributed by atoms with Crippen LogP contribution in [0, 0.1) is 11.3 Å². The van der Waals surface area contributed by atoms with Crippen LogP contribution in [0.5, 0.6) is 5.75 Å². The Morgan fingerprint density at radius 1 is 1.15 bits per heavy atom. The molecule has 1 amide bonds. The molecular formula is C21H18N4O2. The molecule has 27 heavy (non-hydrogen) atoms. The second-order valence-corrected chi connectivity index (χ2v) is 5.89. The minimum Gasteiger partial charge on any atom is -0.496 e. The molecule has 1 aromatic heterocycles. The van der Waals surface area contributed by atoms with Crippen molar-refractivity contribution in [2.24, 2.45) is 0 Å². The number of hydrogen-bond donors (Lipinski definition) is 2. The minimum atomic E-state index is -0.146. The van der Waals surface area contributed by atoms with Crippen LogP contribution in [-0.4, -0.2) is 18.0 Å². The summed E-state index contributed by atoms with van der Waals surface area (Å²) in [6.07, 6.45) is 0. The van der Waals surface area contributed by atoms with E-state index in [1.54, 1.807) is 19.2 Å². The smallest absolute Gasteiger partial charge is 0.221 e. The summed E-state index contributed by atoms with van der Waals surface area (Å²) in [5, 5.41) is 12.3. The first-order chi connectivity index (χ1) is 13.0. The summed E-state index contributed by atoms with van der Waals surface area (Å²) in [4.78, 5) is 15.6. The third-order valence-electron chi connectivity index (χ3n) is 4.06. The van der Waals surface area contributed by atoms with Crippen molar-refractivity contribution in [3.63, 3.8) is 0 Å². The van der Waals surface area contributed by atoms with Gasteiger partial charge in [-0.25, -0.2) is 4.98 Å². The van der Waals surface area contributed by atoms with Crippen molar-refractivity contribution in [3.05, 3.63) is 60.2 Å². The number of nitriles is 1. The number of benzene rings is 2. The summed E-state index contributed by atoms with van der Waals surface area (Å²) >= 11 is 0. The number of nitrogens with two attached hydrogens (primary N) is 1. The van der Waals surface area contributed by atoms with Crippen LogP contribution in [0.2, 0.25) is 0 Å². The molecule has 0 saturated heterocycles. The summed E-state index contributed by atoms with van der Waals surface area (Å²) in [6, 6.07) is 18.6. The Morgan fingerprint density at radius 2 is 1.85 bits per heavy atom. The number of para-hydroxylation sites is 1. The molecule has 0 radical (unpaired) electrons. The van der Waals surface area contributed by atoms with Gasteiger partial charge in [0, 0.05) is 23.7 Å². The first kappa shape index (κ1) is 18.0. The maximum Gasteiger partial charge on any atom is 0.221 e. The van der Waals surface area contributed by atoms with Crippen molar-refractivity contribution in [1.82, 2.24) is 4.98 Å². The van der Waals surface area contributed by atoms with E-state index in [9.17, 15) is 10.1 Å². The molecule has 0 spiro atoms. The Labute approximate surface area is 157 Å². The zero-order chi connectivity index (χ0) is 19.4. The van der Waals surface area contributed by atoms with E-state index in [-0.39, 0.29) is 11.7 Å². The van der Waals surface area contributed by atoms with Gasteiger partial charge in [0.15, 0.2) is 0 Å². The Balaban J connectivity index is 2.13. The van der Waals surface area contributed by atoms with E-state index in [1.807, 2.05) is 42.5 Å². The van der Waals surface area contributed by atoms with Crippen molar-refractivity contribution < 1.29 is 9.53 Å². The highest BCUT2D eigenvalue weighted by Crippen LogP contribution is 2.35. The number of hydrogen-bond acceptors (Lipinski definition) is 5. The van der Waals surface area contributed by atoms with E-state index in [1.165, 1.54) is 6.92 Å².